The zero-order chi connectivity index (χ0) is 14.5. The SMILES string of the molecule is CC(NCCc1cc(F)cc(F)c1)c1cccc(Br)c1. The molecule has 0 aliphatic heterocycles. The standard InChI is InChI=1S/C16H16BrF2N/c1-11(13-3-2-4-14(17)9-13)20-6-5-12-7-15(18)10-16(19)8-12/h2-4,7-11,20H,5-6H2,1H3. The Morgan fingerprint density at radius 3 is 2.45 bits per heavy atom. The van der Waals surface area contributed by atoms with Crippen molar-refractivity contribution >= 4 is 15.9 Å². The molecular formula is C16H16BrF2N. The molecule has 0 radical (unpaired) electrons. The molecule has 0 bridgehead atoms. The van der Waals surface area contributed by atoms with Crippen LogP contribution in [0.15, 0.2) is 46.9 Å². The summed E-state index contributed by atoms with van der Waals surface area (Å²) < 4.78 is 27.2. The van der Waals surface area contributed by atoms with Gasteiger partial charge in [-0.2, -0.15) is 0 Å². The Balaban J connectivity index is 1.89. The van der Waals surface area contributed by atoms with E-state index in [1.165, 1.54) is 17.7 Å². The van der Waals surface area contributed by atoms with Crippen LogP contribution in [0, 0.1) is 11.6 Å². The van der Waals surface area contributed by atoms with Gasteiger partial charge in [-0.05, 0) is 55.3 Å². The van der Waals surface area contributed by atoms with E-state index >= 15 is 0 Å². The molecule has 2 aromatic rings. The molecule has 2 aromatic carbocycles. The number of nitrogens with one attached hydrogen (secondary N) is 1. The molecule has 0 heterocycles. The molecule has 1 N–H and O–H groups in total. The molecule has 0 aliphatic rings. The maximum absolute atomic E-state index is 13.1. The number of benzene rings is 2. The quantitative estimate of drug-likeness (QED) is 0.837. The first-order valence-corrected chi connectivity index (χ1v) is 7.28. The average molecular weight is 340 g/mol. The highest BCUT2D eigenvalue weighted by molar-refractivity contribution is 9.10. The van der Waals surface area contributed by atoms with Crippen molar-refractivity contribution in [2.24, 2.45) is 0 Å². The number of hydrogen-bond acceptors (Lipinski definition) is 1. The van der Waals surface area contributed by atoms with Crippen molar-refractivity contribution in [1.29, 1.82) is 0 Å². The maximum atomic E-state index is 13.1. The lowest BCUT2D eigenvalue weighted by molar-refractivity contribution is 0.563. The highest BCUT2D eigenvalue weighted by atomic mass is 79.9. The first-order chi connectivity index (χ1) is 9.54. The molecule has 0 amide bonds. The normalized spacial score (nSPS) is 12.4. The van der Waals surface area contributed by atoms with Crippen LogP contribution < -0.4 is 5.32 Å². The van der Waals surface area contributed by atoms with Crippen molar-refractivity contribution < 1.29 is 8.78 Å². The van der Waals surface area contributed by atoms with Crippen molar-refractivity contribution in [1.82, 2.24) is 5.32 Å². The van der Waals surface area contributed by atoms with Gasteiger partial charge in [0.05, 0.1) is 0 Å². The number of rotatable bonds is 5. The Hall–Kier alpha value is -1.26. The summed E-state index contributed by atoms with van der Waals surface area (Å²) in [5.74, 6) is -1.06. The Bertz CT molecular complexity index is 566. The summed E-state index contributed by atoms with van der Waals surface area (Å²) in [5.41, 5.74) is 1.83. The number of halogens is 3. The predicted octanol–water partition coefficient (Wildman–Crippen LogP) is 4.62. The van der Waals surface area contributed by atoms with Gasteiger partial charge in [0.2, 0.25) is 0 Å². The summed E-state index contributed by atoms with van der Waals surface area (Å²) in [6.07, 6.45) is 0.590. The molecule has 20 heavy (non-hydrogen) atoms. The summed E-state index contributed by atoms with van der Waals surface area (Å²) >= 11 is 3.44. The third-order valence-electron chi connectivity index (χ3n) is 3.14. The summed E-state index contributed by atoms with van der Waals surface area (Å²) in [5, 5.41) is 3.35. The molecule has 2 rings (SSSR count). The topological polar surface area (TPSA) is 12.0 Å². The van der Waals surface area contributed by atoms with Crippen LogP contribution in [0.1, 0.15) is 24.1 Å². The highest BCUT2D eigenvalue weighted by Gasteiger charge is 2.06. The van der Waals surface area contributed by atoms with Crippen molar-refractivity contribution in [3.8, 4) is 0 Å². The molecule has 1 nitrogen and oxygen atoms in total. The highest BCUT2D eigenvalue weighted by Crippen LogP contribution is 2.17. The Morgan fingerprint density at radius 1 is 1.10 bits per heavy atom. The Labute approximate surface area is 126 Å². The largest absolute Gasteiger partial charge is 0.310 e. The average Bonchev–Trinajstić information content (AvgIpc) is 2.37. The van der Waals surface area contributed by atoms with Crippen LogP contribution in [0.5, 0.6) is 0 Å². The van der Waals surface area contributed by atoms with E-state index in [4.69, 9.17) is 0 Å². The Kier molecular flexibility index (Phi) is 5.26. The van der Waals surface area contributed by atoms with Crippen LogP contribution in [0.4, 0.5) is 8.78 Å². The van der Waals surface area contributed by atoms with E-state index in [2.05, 4.69) is 34.2 Å². The minimum Gasteiger partial charge on any atom is -0.310 e. The lowest BCUT2D eigenvalue weighted by atomic mass is 10.1. The van der Waals surface area contributed by atoms with Gasteiger partial charge in [-0.3, -0.25) is 0 Å². The minimum absolute atomic E-state index is 0.186. The van der Waals surface area contributed by atoms with Gasteiger partial charge in [0.25, 0.3) is 0 Å². The summed E-state index contributed by atoms with van der Waals surface area (Å²) in [6.45, 7) is 2.73. The fraction of sp³-hybridized carbons (Fsp3) is 0.250. The number of hydrogen-bond donors (Lipinski definition) is 1. The smallest absolute Gasteiger partial charge is 0.126 e. The second-order valence-corrected chi connectivity index (χ2v) is 5.67. The molecule has 106 valence electrons. The van der Waals surface area contributed by atoms with Crippen LogP contribution in [0.25, 0.3) is 0 Å². The summed E-state index contributed by atoms with van der Waals surface area (Å²) in [6, 6.07) is 11.9. The molecule has 0 fully saturated rings. The predicted molar refractivity (Wildman–Crippen MR) is 80.6 cm³/mol. The van der Waals surface area contributed by atoms with Crippen molar-refractivity contribution in [3.63, 3.8) is 0 Å². The lowest BCUT2D eigenvalue weighted by Crippen LogP contribution is -2.21. The van der Waals surface area contributed by atoms with E-state index in [0.29, 0.717) is 18.5 Å². The molecule has 1 unspecified atom stereocenters. The monoisotopic (exact) mass is 339 g/mol. The van der Waals surface area contributed by atoms with E-state index in [-0.39, 0.29) is 6.04 Å². The molecule has 1 atom stereocenters. The second kappa shape index (κ2) is 6.95. The van der Waals surface area contributed by atoms with Gasteiger partial charge in [0.1, 0.15) is 11.6 Å². The molecule has 0 aliphatic carbocycles. The third kappa shape index (κ3) is 4.39. The first-order valence-electron chi connectivity index (χ1n) is 6.48. The molecule has 0 saturated heterocycles. The van der Waals surface area contributed by atoms with Crippen LogP contribution in [-0.2, 0) is 6.42 Å². The third-order valence-corrected chi connectivity index (χ3v) is 3.63. The summed E-state index contributed by atoms with van der Waals surface area (Å²) in [7, 11) is 0. The van der Waals surface area contributed by atoms with Gasteiger partial charge in [-0.25, -0.2) is 8.78 Å². The van der Waals surface area contributed by atoms with Gasteiger partial charge in [-0.1, -0.05) is 28.1 Å². The van der Waals surface area contributed by atoms with Crippen molar-refractivity contribution in [3.05, 3.63) is 69.7 Å². The molecular weight excluding hydrogens is 324 g/mol. The van der Waals surface area contributed by atoms with E-state index < -0.39 is 11.6 Å². The summed E-state index contributed by atoms with van der Waals surface area (Å²) in [4.78, 5) is 0. The van der Waals surface area contributed by atoms with E-state index in [1.54, 1.807) is 0 Å². The van der Waals surface area contributed by atoms with Crippen molar-refractivity contribution in [2.75, 3.05) is 6.54 Å². The van der Waals surface area contributed by atoms with E-state index in [9.17, 15) is 8.78 Å². The van der Waals surface area contributed by atoms with Crippen LogP contribution in [0.2, 0.25) is 0 Å². The van der Waals surface area contributed by atoms with Crippen LogP contribution in [-0.4, -0.2) is 6.54 Å². The van der Waals surface area contributed by atoms with Crippen LogP contribution in [0.3, 0.4) is 0 Å². The maximum Gasteiger partial charge on any atom is 0.126 e. The molecule has 0 saturated carbocycles. The molecule has 0 aromatic heterocycles. The first kappa shape index (κ1) is 15.1. The fourth-order valence-electron chi connectivity index (χ4n) is 2.08. The second-order valence-electron chi connectivity index (χ2n) is 4.76. The fourth-order valence-corrected chi connectivity index (χ4v) is 2.50. The molecule has 0 spiro atoms. The zero-order valence-corrected chi connectivity index (χ0v) is 12.8. The lowest BCUT2D eigenvalue weighted by Gasteiger charge is -2.14. The van der Waals surface area contributed by atoms with Crippen LogP contribution >= 0.6 is 15.9 Å². The van der Waals surface area contributed by atoms with Gasteiger partial charge < -0.3 is 5.32 Å². The zero-order valence-electron chi connectivity index (χ0n) is 11.2. The van der Waals surface area contributed by atoms with Gasteiger partial charge in [0.15, 0.2) is 0 Å². The van der Waals surface area contributed by atoms with E-state index in [0.717, 1.165) is 10.5 Å². The molecule has 4 heteroatoms. The Morgan fingerprint density at radius 2 is 1.80 bits per heavy atom. The van der Waals surface area contributed by atoms with Crippen molar-refractivity contribution in [2.45, 2.75) is 19.4 Å². The minimum atomic E-state index is -0.528. The van der Waals surface area contributed by atoms with Gasteiger partial charge >= 0.3 is 0 Å². The van der Waals surface area contributed by atoms with Gasteiger partial charge in [0, 0.05) is 16.6 Å². The van der Waals surface area contributed by atoms with E-state index in [1.807, 2.05) is 18.2 Å². The van der Waals surface area contributed by atoms with Gasteiger partial charge in [-0.15, -0.1) is 0 Å².